The van der Waals surface area contributed by atoms with Gasteiger partial charge in [-0.3, -0.25) is 0 Å². The Balaban J connectivity index is 1.65. The molecular formula is C15H18BN3O2S. The average molecular weight is 315 g/mol. The molecule has 0 saturated carbocycles. The second-order valence-electron chi connectivity index (χ2n) is 5.74. The topological polar surface area (TPSA) is 61.4 Å². The predicted octanol–water partition coefficient (Wildman–Crippen LogP) is 2.35. The molecule has 22 heavy (non-hydrogen) atoms. The molecule has 2 aliphatic heterocycles. The standard InChI is InChI=1S/C15H18BN3O2S/c1-2-5-22-19-8-10(9-19)12-6-16(20)21-13-7-18-15-11(14(12)13)3-4-17-15/h3-4,6-7,10,20H,2,5,8-9H2,1H3,(H,17,18). The quantitative estimate of drug-likeness (QED) is 0.670. The van der Waals surface area contributed by atoms with Crippen molar-refractivity contribution in [2.75, 3.05) is 18.8 Å². The molecule has 5 nitrogen and oxygen atoms in total. The molecule has 0 spiro atoms. The summed E-state index contributed by atoms with van der Waals surface area (Å²) >= 11 is 1.91. The first-order valence-corrected chi connectivity index (χ1v) is 8.61. The Morgan fingerprint density at radius 2 is 2.41 bits per heavy atom. The summed E-state index contributed by atoms with van der Waals surface area (Å²) in [4.78, 5) is 7.49. The van der Waals surface area contributed by atoms with Crippen LogP contribution in [0.4, 0.5) is 0 Å². The van der Waals surface area contributed by atoms with Crippen LogP contribution in [-0.4, -0.2) is 45.3 Å². The molecule has 4 heterocycles. The molecule has 1 fully saturated rings. The number of rotatable bonds is 4. The normalized spacial score (nSPS) is 18.8. The van der Waals surface area contributed by atoms with Crippen LogP contribution in [0, 0.1) is 5.92 Å². The zero-order valence-corrected chi connectivity index (χ0v) is 13.3. The molecule has 0 radical (unpaired) electrons. The molecule has 2 aromatic heterocycles. The van der Waals surface area contributed by atoms with Crippen LogP contribution < -0.4 is 4.65 Å². The molecule has 0 aromatic carbocycles. The highest BCUT2D eigenvalue weighted by atomic mass is 32.2. The van der Waals surface area contributed by atoms with Crippen molar-refractivity contribution >= 4 is 35.7 Å². The minimum atomic E-state index is -0.877. The van der Waals surface area contributed by atoms with E-state index in [1.807, 2.05) is 30.2 Å². The van der Waals surface area contributed by atoms with E-state index in [-0.39, 0.29) is 0 Å². The van der Waals surface area contributed by atoms with Gasteiger partial charge < -0.3 is 14.7 Å². The smallest absolute Gasteiger partial charge is 0.531 e. The molecule has 0 aliphatic carbocycles. The highest BCUT2D eigenvalue weighted by Crippen LogP contribution is 2.43. The second kappa shape index (κ2) is 5.64. The first-order chi connectivity index (χ1) is 10.8. The van der Waals surface area contributed by atoms with Gasteiger partial charge in [0.05, 0.1) is 6.20 Å². The molecule has 2 aliphatic rings. The Kier molecular flexibility index (Phi) is 3.64. The van der Waals surface area contributed by atoms with Crippen LogP contribution in [0.2, 0.25) is 0 Å². The van der Waals surface area contributed by atoms with Crippen molar-refractivity contribution in [2.45, 2.75) is 13.3 Å². The number of aromatic nitrogens is 2. The van der Waals surface area contributed by atoms with Gasteiger partial charge >= 0.3 is 7.12 Å². The molecule has 0 bridgehead atoms. The third-order valence-corrected chi connectivity index (χ3v) is 5.43. The van der Waals surface area contributed by atoms with Gasteiger partial charge in [0.25, 0.3) is 0 Å². The Bertz CT molecular complexity index is 727. The first kappa shape index (κ1) is 14.2. The van der Waals surface area contributed by atoms with Crippen molar-refractivity contribution in [1.29, 1.82) is 0 Å². The summed E-state index contributed by atoms with van der Waals surface area (Å²) in [5, 5.41) is 11.0. The van der Waals surface area contributed by atoms with Crippen molar-refractivity contribution in [3.05, 3.63) is 30.0 Å². The number of aromatic amines is 1. The first-order valence-electron chi connectivity index (χ1n) is 7.67. The number of hydrogen-bond donors (Lipinski definition) is 2. The summed E-state index contributed by atoms with van der Waals surface area (Å²) in [6.45, 7) is 4.25. The van der Waals surface area contributed by atoms with Gasteiger partial charge in [-0.25, -0.2) is 9.29 Å². The minimum absolute atomic E-state index is 0.446. The largest absolute Gasteiger partial charge is 0.552 e. The van der Waals surface area contributed by atoms with Crippen molar-refractivity contribution in [3.63, 3.8) is 0 Å². The summed E-state index contributed by atoms with van der Waals surface area (Å²) in [6.07, 6.45) is 4.79. The Morgan fingerprint density at radius 3 is 3.23 bits per heavy atom. The van der Waals surface area contributed by atoms with E-state index >= 15 is 0 Å². The highest BCUT2D eigenvalue weighted by Gasteiger charge is 2.36. The fourth-order valence-electron chi connectivity index (χ4n) is 3.08. The van der Waals surface area contributed by atoms with Crippen molar-refractivity contribution in [2.24, 2.45) is 5.92 Å². The van der Waals surface area contributed by atoms with Gasteiger partial charge in [-0.1, -0.05) is 18.9 Å². The number of fused-ring (bicyclic) bond motifs is 3. The van der Waals surface area contributed by atoms with E-state index < -0.39 is 7.12 Å². The van der Waals surface area contributed by atoms with Gasteiger partial charge in [0.2, 0.25) is 0 Å². The van der Waals surface area contributed by atoms with Crippen molar-refractivity contribution in [3.8, 4) is 5.75 Å². The van der Waals surface area contributed by atoms with Crippen LogP contribution in [0.5, 0.6) is 5.75 Å². The SMILES string of the molecule is CCCSN1CC(C2=CB(O)Oc3cnc4[nH]ccc4c32)C1. The maximum atomic E-state index is 9.97. The molecule has 1 saturated heterocycles. The van der Waals surface area contributed by atoms with Gasteiger partial charge in [0.1, 0.15) is 11.4 Å². The number of H-pyrrole nitrogens is 1. The van der Waals surface area contributed by atoms with Crippen molar-refractivity contribution < 1.29 is 9.68 Å². The molecule has 0 atom stereocenters. The maximum Gasteiger partial charge on any atom is 0.552 e. The van der Waals surface area contributed by atoms with E-state index in [0.717, 1.165) is 29.7 Å². The molecule has 4 rings (SSSR count). The van der Waals surface area contributed by atoms with Crippen LogP contribution in [0.15, 0.2) is 24.4 Å². The zero-order valence-electron chi connectivity index (χ0n) is 12.5. The van der Waals surface area contributed by atoms with Gasteiger partial charge in [-0.2, -0.15) is 0 Å². The molecular weight excluding hydrogens is 297 g/mol. The lowest BCUT2D eigenvalue weighted by molar-refractivity contribution is 0.274. The van der Waals surface area contributed by atoms with Crippen LogP contribution in [0.3, 0.4) is 0 Å². The molecule has 7 heteroatoms. The lowest BCUT2D eigenvalue weighted by atomic mass is 9.75. The van der Waals surface area contributed by atoms with Crippen molar-refractivity contribution in [1.82, 2.24) is 14.3 Å². The Hall–Kier alpha value is -1.44. The van der Waals surface area contributed by atoms with E-state index in [2.05, 4.69) is 21.2 Å². The van der Waals surface area contributed by atoms with E-state index in [1.54, 1.807) is 6.20 Å². The number of pyridine rings is 1. The molecule has 2 N–H and O–H groups in total. The lowest BCUT2D eigenvalue weighted by Crippen LogP contribution is -2.44. The maximum absolute atomic E-state index is 9.97. The zero-order chi connectivity index (χ0) is 15.1. The highest BCUT2D eigenvalue weighted by molar-refractivity contribution is 7.97. The van der Waals surface area contributed by atoms with Gasteiger partial charge in [-0.05, 0) is 24.0 Å². The van der Waals surface area contributed by atoms with Gasteiger partial charge in [-0.15, -0.1) is 0 Å². The van der Waals surface area contributed by atoms with Gasteiger partial charge in [0, 0.05) is 41.9 Å². The van der Waals surface area contributed by atoms with Gasteiger partial charge in [0.15, 0.2) is 0 Å². The molecule has 114 valence electrons. The third-order valence-electron chi connectivity index (χ3n) is 4.18. The van der Waals surface area contributed by atoms with E-state index in [0.29, 0.717) is 11.7 Å². The monoisotopic (exact) mass is 315 g/mol. The molecule has 0 unspecified atom stereocenters. The summed E-state index contributed by atoms with van der Waals surface area (Å²) in [6, 6.07) is 2.03. The molecule has 0 amide bonds. The van der Waals surface area contributed by atoms with Crippen LogP contribution >= 0.6 is 11.9 Å². The number of nitrogens with zero attached hydrogens (tertiary/aromatic N) is 2. The average Bonchev–Trinajstić information content (AvgIpc) is 2.93. The summed E-state index contributed by atoms with van der Waals surface area (Å²) < 4.78 is 7.93. The number of hydrogen-bond acceptors (Lipinski definition) is 5. The van der Waals surface area contributed by atoms with Crippen LogP contribution in [-0.2, 0) is 0 Å². The van der Waals surface area contributed by atoms with Crippen LogP contribution in [0.1, 0.15) is 18.9 Å². The van der Waals surface area contributed by atoms with E-state index in [4.69, 9.17) is 4.65 Å². The summed E-state index contributed by atoms with van der Waals surface area (Å²) in [7, 11) is -0.877. The predicted molar refractivity (Wildman–Crippen MR) is 90.5 cm³/mol. The lowest BCUT2D eigenvalue weighted by Gasteiger charge is -2.41. The Labute approximate surface area is 134 Å². The summed E-state index contributed by atoms with van der Waals surface area (Å²) in [5.74, 6) is 4.14. The number of nitrogens with one attached hydrogen (secondary N) is 1. The molecule has 2 aromatic rings. The third kappa shape index (κ3) is 2.33. The van der Waals surface area contributed by atoms with E-state index in [1.165, 1.54) is 17.7 Å². The summed E-state index contributed by atoms with van der Waals surface area (Å²) in [5.41, 5.74) is 3.14. The van der Waals surface area contributed by atoms with Crippen LogP contribution in [0.25, 0.3) is 16.6 Å². The minimum Gasteiger partial charge on any atom is -0.531 e. The second-order valence-corrected chi connectivity index (χ2v) is 6.93. The Morgan fingerprint density at radius 1 is 1.55 bits per heavy atom. The fourth-order valence-corrected chi connectivity index (χ4v) is 4.09. The fraction of sp³-hybridized carbons (Fsp3) is 0.400. The van der Waals surface area contributed by atoms with E-state index in [9.17, 15) is 5.02 Å².